The first-order valence-electron chi connectivity index (χ1n) is 12.5. The molecule has 0 saturated carbocycles. The molecule has 0 aliphatic rings. The second-order valence-corrected chi connectivity index (χ2v) is 10.2. The van der Waals surface area contributed by atoms with Gasteiger partial charge >= 0.3 is 0 Å². The summed E-state index contributed by atoms with van der Waals surface area (Å²) in [6, 6.07) is 17.3. The summed E-state index contributed by atoms with van der Waals surface area (Å²) < 4.78 is 33.5. The van der Waals surface area contributed by atoms with E-state index in [1.165, 1.54) is 17.7 Å². The van der Waals surface area contributed by atoms with E-state index in [9.17, 15) is 18.7 Å². The fourth-order valence-corrected chi connectivity index (χ4v) is 4.04. The normalized spacial score (nSPS) is 13.2. The second-order valence-electron chi connectivity index (χ2n) is 10.2. The van der Waals surface area contributed by atoms with Crippen molar-refractivity contribution in [2.75, 3.05) is 6.54 Å². The van der Waals surface area contributed by atoms with E-state index in [4.69, 9.17) is 4.74 Å². The lowest BCUT2D eigenvalue weighted by Crippen LogP contribution is -2.48. The van der Waals surface area contributed by atoms with Crippen molar-refractivity contribution in [2.24, 2.45) is 0 Å². The molecule has 0 saturated heterocycles. The Kier molecular flexibility index (Phi) is 9.78. The molecular weight excluding hydrogens is 474 g/mol. The van der Waals surface area contributed by atoms with Crippen LogP contribution in [0.15, 0.2) is 66.7 Å². The molecule has 0 bridgehead atoms. The van der Waals surface area contributed by atoms with Gasteiger partial charge in [-0.1, -0.05) is 37.3 Å². The van der Waals surface area contributed by atoms with Gasteiger partial charge in [0.15, 0.2) is 0 Å². The van der Waals surface area contributed by atoms with Gasteiger partial charge in [-0.3, -0.25) is 4.79 Å². The third kappa shape index (κ3) is 9.26. The maximum Gasteiger partial charge on any atom is 0.251 e. The third-order valence-corrected chi connectivity index (χ3v) is 5.76. The van der Waals surface area contributed by atoms with E-state index in [2.05, 4.69) is 29.7 Å². The van der Waals surface area contributed by atoms with Crippen LogP contribution in [-0.4, -0.2) is 35.3 Å². The van der Waals surface area contributed by atoms with Crippen LogP contribution in [0.5, 0.6) is 5.75 Å². The Bertz CT molecular complexity index is 1170. The Morgan fingerprint density at radius 1 is 0.946 bits per heavy atom. The molecule has 0 aliphatic carbocycles. The molecule has 0 unspecified atom stereocenters. The zero-order chi connectivity index (χ0) is 27.0. The molecule has 37 heavy (non-hydrogen) atoms. The van der Waals surface area contributed by atoms with Gasteiger partial charge in [-0.05, 0) is 80.6 Å². The lowest BCUT2D eigenvalue weighted by molar-refractivity contribution is 0.0828. The number of halogens is 2. The molecule has 7 heteroatoms. The van der Waals surface area contributed by atoms with Crippen LogP contribution in [-0.2, 0) is 19.4 Å². The third-order valence-electron chi connectivity index (χ3n) is 5.76. The van der Waals surface area contributed by atoms with E-state index >= 15 is 0 Å². The molecule has 0 spiro atoms. The molecule has 3 aromatic rings. The maximum atomic E-state index is 13.8. The Morgan fingerprint density at radius 3 is 2.30 bits per heavy atom. The van der Waals surface area contributed by atoms with Crippen molar-refractivity contribution in [1.82, 2.24) is 10.6 Å². The molecule has 0 aromatic heterocycles. The van der Waals surface area contributed by atoms with E-state index in [1.807, 2.05) is 32.9 Å². The number of hydrogen-bond donors (Lipinski definition) is 3. The largest absolute Gasteiger partial charge is 0.488 e. The monoisotopic (exact) mass is 510 g/mol. The summed E-state index contributed by atoms with van der Waals surface area (Å²) in [6.45, 7) is 8.53. The van der Waals surface area contributed by atoms with E-state index in [-0.39, 0.29) is 13.0 Å². The number of nitrogens with one attached hydrogen (secondary N) is 2. The van der Waals surface area contributed by atoms with E-state index in [0.29, 0.717) is 23.4 Å². The molecule has 0 radical (unpaired) electrons. The average Bonchev–Trinajstić information content (AvgIpc) is 2.82. The number of ether oxygens (including phenoxy) is 1. The van der Waals surface area contributed by atoms with Gasteiger partial charge in [-0.25, -0.2) is 8.78 Å². The zero-order valence-electron chi connectivity index (χ0n) is 21.9. The quantitative estimate of drug-likeness (QED) is 0.332. The van der Waals surface area contributed by atoms with Crippen LogP contribution in [0.3, 0.4) is 0 Å². The number of rotatable bonds is 11. The summed E-state index contributed by atoms with van der Waals surface area (Å²) in [4.78, 5) is 13.1. The summed E-state index contributed by atoms with van der Waals surface area (Å²) >= 11 is 0. The minimum absolute atomic E-state index is 0.0484. The number of aliphatic hydroxyl groups is 1. The summed E-state index contributed by atoms with van der Waals surface area (Å²) in [7, 11) is 0. The van der Waals surface area contributed by atoms with Gasteiger partial charge in [0.05, 0.1) is 12.1 Å². The minimum Gasteiger partial charge on any atom is -0.488 e. The Labute approximate surface area is 217 Å². The molecule has 3 rings (SSSR count). The lowest BCUT2D eigenvalue weighted by Gasteiger charge is -2.25. The number of aryl methyl sites for hydroxylation is 1. The second kappa shape index (κ2) is 12.8. The smallest absolute Gasteiger partial charge is 0.251 e. The topological polar surface area (TPSA) is 70.6 Å². The van der Waals surface area contributed by atoms with Gasteiger partial charge in [0.25, 0.3) is 5.91 Å². The first-order valence-corrected chi connectivity index (χ1v) is 12.5. The number of aliphatic hydroxyl groups excluding tert-OH is 1. The van der Waals surface area contributed by atoms with Gasteiger partial charge < -0.3 is 20.5 Å². The van der Waals surface area contributed by atoms with Crippen LogP contribution < -0.4 is 15.4 Å². The molecule has 0 aliphatic heterocycles. The molecule has 0 heterocycles. The molecule has 198 valence electrons. The predicted molar refractivity (Wildman–Crippen MR) is 142 cm³/mol. The number of carbonyl (C=O) groups excluding carboxylic acids is 1. The standard InChI is InChI=1S/C30H36F2N2O3/c1-5-20-8-6-9-21(12-20)18-33-19-28(35)27(15-22-13-24(31)17-25(32)14-22)34-29(36)23-10-7-11-26(16-23)37-30(2,3)4/h6-14,16-17,27-28,33,35H,5,15,18-19H2,1-4H3,(H,34,36)/t27-,28+/m0/s1. The molecule has 1 amide bonds. The highest BCUT2D eigenvalue weighted by Crippen LogP contribution is 2.20. The van der Waals surface area contributed by atoms with Crippen molar-refractivity contribution in [3.63, 3.8) is 0 Å². The van der Waals surface area contributed by atoms with Crippen molar-refractivity contribution in [2.45, 2.75) is 64.8 Å². The SMILES string of the molecule is CCc1cccc(CNC[C@@H](O)[C@H](Cc2cc(F)cc(F)c2)NC(=O)c2cccc(OC(C)(C)C)c2)c1. The van der Waals surface area contributed by atoms with Crippen molar-refractivity contribution in [1.29, 1.82) is 0 Å². The zero-order valence-corrected chi connectivity index (χ0v) is 21.9. The fourth-order valence-electron chi connectivity index (χ4n) is 4.04. The minimum atomic E-state index is -1.02. The van der Waals surface area contributed by atoms with Crippen molar-refractivity contribution < 1.29 is 23.4 Å². The fraction of sp³-hybridized carbons (Fsp3) is 0.367. The Morgan fingerprint density at radius 2 is 1.62 bits per heavy atom. The van der Waals surface area contributed by atoms with Gasteiger partial charge in [-0.15, -0.1) is 0 Å². The Hall–Kier alpha value is -3.29. The molecule has 2 atom stereocenters. The molecule has 0 fully saturated rings. The van der Waals surface area contributed by atoms with E-state index < -0.39 is 35.3 Å². The van der Waals surface area contributed by atoms with Gasteiger partial charge in [-0.2, -0.15) is 0 Å². The van der Waals surface area contributed by atoms with Gasteiger partial charge in [0.1, 0.15) is 23.0 Å². The van der Waals surface area contributed by atoms with Crippen molar-refractivity contribution >= 4 is 5.91 Å². The molecule has 5 nitrogen and oxygen atoms in total. The molecule has 3 N–H and O–H groups in total. The number of benzene rings is 3. The number of hydrogen-bond acceptors (Lipinski definition) is 4. The first-order chi connectivity index (χ1) is 17.5. The van der Waals surface area contributed by atoms with E-state index in [0.717, 1.165) is 18.1 Å². The van der Waals surface area contributed by atoms with Crippen LogP contribution >= 0.6 is 0 Å². The van der Waals surface area contributed by atoms with Crippen LogP contribution in [0, 0.1) is 11.6 Å². The highest BCUT2D eigenvalue weighted by molar-refractivity contribution is 5.94. The van der Waals surface area contributed by atoms with Gasteiger partial charge in [0.2, 0.25) is 0 Å². The van der Waals surface area contributed by atoms with Crippen molar-refractivity contribution in [3.05, 3.63) is 101 Å². The first kappa shape index (κ1) is 28.3. The van der Waals surface area contributed by atoms with Crippen LogP contribution in [0.2, 0.25) is 0 Å². The molecular formula is C30H36F2N2O3. The molecule has 3 aromatic carbocycles. The van der Waals surface area contributed by atoms with Crippen molar-refractivity contribution in [3.8, 4) is 5.75 Å². The van der Waals surface area contributed by atoms with Crippen LogP contribution in [0.4, 0.5) is 8.78 Å². The number of carbonyl (C=O) groups is 1. The maximum absolute atomic E-state index is 13.8. The highest BCUT2D eigenvalue weighted by Gasteiger charge is 2.23. The summed E-state index contributed by atoms with van der Waals surface area (Å²) in [5.74, 6) is -1.30. The average molecular weight is 511 g/mol. The number of amides is 1. The van der Waals surface area contributed by atoms with Gasteiger partial charge in [0, 0.05) is 24.7 Å². The predicted octanol–water partition coefficient (Wildman–Crippen LogP) is 5.20. The highest BCUT2D eigenvalue weighted by atomic mass is 19.1. The Balaban J connectivity index is 1.73. The lowest BCUT2D eigenvalue weighted by atomic mass is 10.00. The summed E-state index contributed by atoms with van der Waals surface area (Å²) in [6.07, 6.45) is -0.0394. The van der Waals surface area contributed by atoms with Crippen LogP contribution in [0.1, 0.15) is 54.7 Å². The summed E-state index contributed by atoms with van der Waals surface area (Å²) in [5.41, 5.74) is 2.55. The van der Waals surface area contributed by atoms with Crippen LogP contribution in [0.25, 0.3) is 0 Å². The summed E-state index contributed by atoms with van der Waals surface area (Å²) in [5, 5.41) is 17.1. The van der Waals surface area contributed by atoms with E-state index in [1.54, 1.807) is 24.3 Å².